The number of nitrogens with one attached hydrogen (secondary N) is 2. The fraction of sp³-hybridized carbons (Fsp3) is 0.167. The lowest BCUT2D eigenvalue weighted by Crippen LogP contribution is -2.11. The summed E-state index contributed by atoms with van der Waals surface area (Å²) < 4.78 is 6.24. The van der Waals surface area contributed by atoms with Crippen molar-refractivity contribution in [3.8, 4) is 5.75 Å². The average molecular weight is 324 g/mol. The highest BCUT2D eigenvalue weighted by atomic mass is 79.9. The van der Waals surface area contributed by atoms with Crippen molar-refractivity contribution in [2.45, 2.75) is 6.92 Å². The van der Waals surface area contributed by atoms with Gasteiger partial charge in [-0.05, 0) is 30.7 Å². The fourth-order valence-corrected chi connectivity index (χ4v) is 2.31. The van der Waals surface area contributed by atoms with Gasteiger partial charge >= 0.3 is 0 Å². The van der Waals surface area contributed by atoms with Crippen LogP contribution in [0.5, 0.6) is 5.75 Å². The van der Waals surface area contributed by atoms with Gasteiger partial charge in [0, 0.05) is 10.2 Å². The summed E-state index contributed by atoms with van der Waals surface area (Å²) in [5.41, 5.74) is 4.49. The minimum atomic E-state index is 0.423. The molecule has 0 unspecified atom stereocenters. The number of hydrazine groups is 1. The Labute approximate surface area is 119 Å². The van der Waals surface area contributed by atoms with Gasteiger partial charge in [-0.2, -0.15) is 0 Å². The number of hydrogen-bond acceptors (Lipinski definition) is 6. The fourth-order valence-electron chi connectivity index (χ4n) is 1.70. The quantitative estimate of drug-likeness (QED) is 0.592. The molecule has 0 saturated heterocycles. The lowest BCUT2D eigenvalue weighted by Gasteiger charge is -2.13. The molecule has 0 aliphatic rings. The molecule has 2 rings (SSSR count). The van der Waals surface area contributed by atoms with Crippen LogP contribution in [0.4, 0.5) is 17.3 Å². The molecule has 0 aliphatic carbocycles. The SMILES string of the molecule is COc1c(NN)ncnc1Nc1cc(C)cc(Br)c1. The number of aryl methyl sites for hydroxylation is 1. The van der Waals surface area contributed by atoms with E-state index in [9.17, 15) is 0 Å². The third kappa shape index (κ3) is 3.12. The summed E-state index contributed by atoms with van der Waals surface area (Å²) in [4.78, 5) is 8.14. The molecule has 0 fully saturated rings. The van der Waals surface area contributed by atoms with Crippen LogP contribution in [0.1, 0.15) is 5.56 Å². The Hall–Kier alpha value is -1.86. The van der Waals surface area contributed by atoms with E-state index in [4.69, 9.17) is 10.6 Å². The van der Waals surface area contributed by atoms with E-state index in [1.165, 1.54) is 13.4 Å². The number of nitrogens with zero attached hydrogens (tertiary/aromatic N) is 2. The molecule has 0 amide bonds. The molecule has 2 aromatic rings. The zero-order valence-electron chi connectivity index (χ0n) is 10.6. The number of ether oxygens (including phenoxy) is 1. The maximum atomic E-state index is 5.38. The van der Waals surface area contributed by atoms with Gasteiger partial charge in [-0.25, -0.2) is 15.8 Å². The zero-order chi connectivity index (χ0) is 13.8. The van der Waals surface area contributed by atoms with Crippen LogP contribution in [0.25, 0.3) is 0 Å². The molecule has 1 aromatic carbocycles. The van der Waals surface area contributed by atoms with Gasteiger partial charge in [-0.1, -0.05) is 15.9 Å². The maximum absolute atomic E-state index is 5.38. The molecular formula is C12H14BrN5O. The summed E-state index contributed by atoms with van der Waals surface area (Å²) in [7, 11) is 1.54. The van der Waals surface area contributed by atoms with Crippen LogP contribution in [0.15, 0.2) is 29.0 Å². The molecule has 1 aromatic heterocycles. The van der Waals surface area contributed by atoms with Gasteiger partial charge in [0.1, 0.15) is 6.33 Å². The first-order valence-electron chi connectivity index (χ1n) is 5.54. The Morgan fingerprint density at radius 1 is 1.21 bits per heavy atom. The van der Waals surface area contributed by atoms with Crippen molar-refractivity contribution in [1.29, 1.82) is 0 Å². The Kier molecular flexibility index (Phi) is 4.18. The summed E-state index contributed by atoms with van der Waals surface area (Å²) in [6, 6.07) is 5.97. The largest absolute Gasteiger partial charge is 0.490 e. The van der Waals surface area contributed by atoms with Crippen molar-refractivity contribution in [2.75, 3.05) is 17.9 Å². The van der Waals surface area contributed by atoms with Crippen molar-refractivity contribution in [1.82, 2.24) is 9.97 Å². The predicted octanol–water partition coefficient (Wildman–Crippen LogP) is 2.59. The topological polar surface area (TPSA) is 85.1 Å². The van der Waals surface area contributed by atoms with Crippen LogP contribution in [0.3, 0.4) is 0 Å². The molecule has 0 aliphatic heterocycles. The van der Waals surface area contributed by atoms with Gasteiger partial charge in [-0.15, -0.1) is 0 Å². The Morgan fingerprint density at radius 2 is 1.95 bits per heavy atom. The number of hydrogen-bond donors (Lipinski definition) is 3. The zero-order valence-corrected chi connectivity index (χ0v) is 12.2. The lowest BCUT2D eigenvalue weighted by molar-refractivity contribution is 0.415. The van der Waals surface area contributed by atoms with Crippen LogP contribution < -0.4 is 21.3 Å². The van der Waals surface area contributed by atoms with Crippen LogP contribution in [0.2, 0.25) is 0 Å². The Balaban J connectivity index is 2.37. The molecular weight excluding hydrogens is 310 g/mol. The minimum Gasteiger partial charge on any atom is -0.490 e. The number of rotatable bonds is 4. The van der Waals surface area contributed by atoms with E-state index in [0.717, 1.165) is 15.7 Å². The standard InChI is InChI=1S/C12H14BrN5O/c1-7-3-8(13)5-9(4-7)17-11-10(19-2)12(18-14)16-6-15-11/h3-6H,14H2,1-2H3,(H2,15,16,17,18). The predicted molar refractivity (Wildman–Crippen MR) is 78.6 cm³/mol. The number of benzene rings is 1. The highest BCUT2D eigenvalue weighted by molar-refractivity contribution is 9.10. The van der Waals surface area contributed by atoms with Crippen molar-refractivity contribution >= 4 is 33.3 Å². The second kappa shape index (κ2) is 5.85. The molecule has 4 N–H and O–H groups in total. The summed E-state index contributed by atoms with van der Waals surface area (Å²) in [6.45, 7) is 2.01. The second-order valence-corrected chi connectivity index (χ2v) is 4.81. The summed E-state index contributed by atoms with van der Waals surface area (Å²) >= 11 is 3.45. The number of nitrogen functional groups attached to an aromatic ring is 1. The van der Waals surface area contributed by atoms with E-state index in [1.807, 2.05) is 25.1 Å². The molecule has 0 radical (unpaired) electrons. The summed E-state index contributed by atoms with van der Waals surface area (Å²) in [5.74, 6) is 6.81. The van der Waals surface area contributed by atoms with Crippen LogP contribution in [0, 0.1) is 6.92 Å². The number of aromatic nitrogens is 2. The van der Waals surface area contributed by atoms with Crippen molar-refractivity contribution in [3.63, 3.8) is 0 Å². The smallest absolute Gasteiger partial charge is 0.205 e. The molecule has 100 valence electrons. The van der Waals surface area contributed by atoms with Gasteiger partial charge in [0.15, 0.2) is 11.6 Å². The average Bonchev–Trinajstić information content (AvgIpc) is 2.37. The number of halogens is 1. The van der Waals surface area contributed by atoms with Crippen LogP contribution in [-0.2, 0) is 0 Å². The first kappa shape index (κ1) is 13.6. The highest BCUT2D eigenvalue weighted by Gasteiger charge is 2.11. The second-order valence-electron chi connectivity index (χ2n) is 3.89. The van der Waals surface area contributed by atoms with E-state index in [0.29, 0.717) is 17.4 Å². The first-order valence-corrected chi connectivity index (χ1v) is 6.33. The number of methoxy groups -OCH3 is 1. The molecule has 1 heterocycles. The van der Waals surface area contributed by atoms with Gasteiger partial charge in [0.2, 0.25) is 5.75 Å². The minimum absolute atomic E-state index is 0.423. The lowest BCUT2D eigenvalue weighted by atomic mass is 10.2. The number of anilines is 3. The van der Waals surface area contributed by atoms with Crippen molar-refractivity contribution < 1.29 is 4.74 Å². The van der Waals surface area contributed by atoms with Gasteiger partial charge in [-0.3, -0.25) is 0 Å². The Morgan fingerprint density at radius 3 is 2.58 bits per heavy atom. The van der Waals surface area contributed by atoms with E-state index >= 15 is 0 Å². The summed E-state index contributed by atoms with van der Waals surface area (Å²) in [5, 5.41) is 3.18. The summed E-state index contributed by atoms with van der Waals surface area (Å²) in [6.07, 6.45) is 1.41. The van der Waals surface area contributed by atoms with Gasteiger partial charge < -0.3 is 15.5 Å². The van der Waals surface area contributed by atoms with E-state index < -0.39 is 0 Å². The van der Waals surface area contributed by atoms with Crippen LogP contribution in [-0.4, -0.2) is 17.1 Å². The molecule has 7 heteroatoms. The molecule has 19 heavy (non-hydrogen) atoms. The first-order chi connectivity index (χ1) is 9.13. The molecule has 0 saturated carbocycles. The van der Waals surface area contributed by atoms with E-state index in [1.54, 1.807) is 0 Å². The third-order valence-corrected chi connectivity index (χ3v) is 2.91. The third-order valence-electron chi connectivity index (χ3n) is 2.45. The highest BCUT2D eigenvalue weighted by Crippen LogP contribution is 2.31. The molecule has 0 atom stereocenters. The van der Waals surface area contributed by atoms with Gasteiger partial charge in [0.05, 0.1) is 7.11 Å². The molecule has 0 spiro atoms. The number of nitrogens with two attached hydrogens (primary N) is 1. The normalized spacial score (nSPS) is 10.1. The van der Waals surface area contributed by atoms with Crippen molar-refractivity contribution in [2.24, 2.45) is 5.84 Å². The molecule has 0 bridgehead atoms. The van der Waals surface area contributed by atoms with Crippen molar-refractivity contribution in [3.05, 3.63) is 34.6 Å². The van der Waals surface area contributed by atoms with Crippen LogP contribution >= 0.6 is 15.9 Å². The van der Waals surface area contributed by atoms with E-state index in [2.05, 4.69) is 36.6 Å². The monoisotopic (exact) mass is 323 g/mol. The molecule has 6 nitrogen and oxygen atoms in total. The van der Waals surface area contributed by atoms with E-state index in [-0.39, 0.29) is 0 Å². The van der Waals surface area contributed by atoms with Gasteiger partial charge in [0.25, 0.3) is 0 Å². The maximum Gasteiger partial charge on any atom is 0.205 e. The Bertz CT molecular complexity index is 570.